The number of hydrogen-bond acceptors (Lipinski definition) is 3. The third-order valence-corrected chi connectivity index (χ3v) is 5.63. The van der Waals surface area contributed by atoms with Crippen LogP contribution in [0.3, 0.4) is 0 Å². The zero-order valence-corrected chi connectivity index (χ0v) is 15.1. The van der Waals surface area contributed by atoms with Crippen LogP contribution in [-0.2, 0) is 9.53 Å². The molecule has 2 bridgehead atoms. The Bertz CT molecular complexity index is 730. The molecule has 2 aromatic rings. The molecular formula is C22H25NO3. The highest BCUT2D eigenvalue weighted by molar-refractivity contribution is 5.79. The van der Waals surface area contributed by atoms with Gasteiger partial charge in [0.15, 0.2) is 6.61 Å². The van der Waals surface area contributed by atoms with Crippen LogP contribution in [0.4, 0.5) is 0 Å². The first-order valence-electron chi connectivity index (χ1n) is 9.37. The Kier molecular flexibility index (Phi) is 4.93. The van der Waals surface area contributed by atoms with Gasteiger partial charge >= 0.3 is 0 Å². The van der Waals surface area contributed by atoms with E-state index in [1.54, 1.807) is 7.11 Å². The molecule has 4 heteroatoms. The second-order valence-corrected chi connectivity index (χ2v) is 7.19. The average molecular weight is 351 g/mol. The van der Waals surface area contributed by atoms with Crippen molar-refractivity contribution in [3.8, 4) is 16.9 Å². The number of carbonyl (C=O) groups is 1. The Morgan fingerprint density at radius 1 is 0.962 bits per heavy atom. The van der Waals surface area contributed by atoms with Gasteiger partial charge in [-0.2, -0.15) is 0 Å². The summed E-state index contributed by atoms with van der Waals surface area (Å²) < 4.78 is 11.3. The van der Waals surface area contributed by atoms with Gasteiger partial charge < -0.3 is 14.4 Å². The van der Waals surface area contributed by atoms with Crippen molar-refractivity contribution in [1.82, 2.24) is 4.90 Å². The van der Waals surface area contributed by atoms with Gasteiger partial charge in [-0.15, -0.1) is 0 Å². The van der Waals surface area contributed by atoms with Gasteiger partial charge in [-0.05, 0) is 48.9 Å². The summed E-state index contributed by atoms with van der Waals surface area (Å²) in [5.74, 6) is 0.830. The summed E-state index contributed by atoms with van der Waals surface area (Å²) in [6, 6.07) is 18.8. The van der Waals surface area contributed by atoms with E-state index in [9.17, 15) is 4.79 Å². The minimum atomic E-state index is 0.0965. The Morgan fingerprint density at radius 2 is 1.58 bits per heavy atom. The maximum atomic E-state index is 12.7. The Balaban J connectivity index is 1.35. The third kappa shape index (κ3) is 3.47. The normalized spacial score (nSPS) is 24.5. The summed E-state index contributed by atoms with van der Waals surface area (Å²) in [7, 11) is 1.77. The van der Waals surface area contributed by atoms with Gasteiger partial charge in [0.25, 0.3) is 5.91 Å². The maximum absolute atomic E-state index is 12.7. The van der Waals surface area contributed by atoms with Crippen LogP contribution in [0.15, 0.2) is 54.6 Å². The number of ether oxygens (including phenoxy) is 2. The number of carbonyl (C=O) groups excluding carboxylic acids is 1. The first-order chi connectivity index (χ1) is 12.7. The van der Waals surface area contributed by atoms with E-state index in [4.69, 9.17) is 9.47 Å². The van der Waals surface area contributed by atoms with Crippen LogP contribution >= 0.6 is 0 Å². The fraction of sp³-hybridized carbons (Fsp3) is 0.409. The molecule has 2 aliphatic rings. The number of benzene rings is 2. The quantitative estimate of drug-likeness (QED) is 0.820. The largest absolute Gasteiger partial charge is 0.484 e. The van der Waals surface area contributed by atoms with Crippen molar-refractivity contribution in [3.05, 3.63) is 54.6 Å². The molecule has 2 saturated heterocycles. The van der Waals surface area contributed by atoms with Gasteiger partial charge in [-0.1, -0.05) is 42.5 Å². The summed E-state index contributed by atoms with van der Waals surface area (Å²) in [5, 5.41) is 0. The number of rotatable bonds is 5. The number of piperidine rings is 1. The third-order valence-electron chi connectivity index (χ3n) is 5.63. The smallest absolute Gasteiger partial charge is 0.261 e. The van der Waals surface area contributed by atoms with Crippen LogP contribution in [0, 0.1) is 0 Å². The summed E-state index contributed by atoms with van der Waals surface area (Å²) >= 11 is 0. The molecule has 2 aromatic carbocycles. The standard InChI is InChI=1S/C22H25NO3/c1-25-21-13-18-9-10-19(14-21)23(18)22(24)15-26-20-11-7-17(8-12-20)16-5-3-2-4-6-16/h2-8,11-12,18-19,21H,9-10,13-15H2,1H3. The second-order valence-electron chi connectivity index (χ2n) is 7.19. The molecule has 2 atom stereocenters. The molecule has 26 heavy (non-hydrogen) atoms. The highest BCUT2D eigenvalue weighted by Gasteiger charge is 2.43. The van der Waals surface area contributed by atoms with Crippen molar-refractivity contribution >= 4 is 5.91 Å². The van der Waals surface area contributed by atoms with E-state index in [0.29, 0.717) is 18.2 Å². The van der Waals surface area contributed by atoms with E-state index < -0.39 is 0 Å². The van der Waals surface area contributed by atoms with Gasteiger partial charge in [0.1, 0.15) is 5.75 Å². The zero-order valence-electron chi connectivity index (χ0n) is 15.1. The monoisotopic (exact) mass is 351 g/mol. The van der Waals surface area contributed by atoms with Crippen LogP contribution in [0.25, 0.3) is 11.1 Å². The number of amides is 1. The Morgan fingerprint density at radius 3 is 2.19 bits per heavy atom. The van der Waals surface area contributed by atoms with Gasteiger partial charge in [0.2, 0.25) is 0 Å². The first-order valence-corrected chi connectivity index (χ1v) is 9.37. The van der Waals surface area contributed by atoms with E-state index in [2.05, 4.69) is 12.1 Å². The lowest BCUT2D eigenvalue weighted by molar-refractivity contribution is -0.140. The molecular weight excluding hydrogens is 326 g/mol. The molecule has 4 rings (SSSR count). The van der Waals surface area contributed by atoms with E-state index >= 15 is 0 Å². The van der Waals surface area contributed by atoms with E-state index in [0.717, 1.165) is 37.0 Å². The molecule has 136 valence electrons. The van der Waals surface area contributed by atoms with Crippen molar-refractivity contribution in [1.29, 1.82) is 0 Å². The molecule has 2 heterocycles. The van der Waals surface area contributed by atoms with E-state index in [-0.39, 0.29) is 12.5 Å². The van der Waals surface area contributed by atoms with Crippen molar-refractivity contribution in [2.75, 3.05) is 13.7 Å². The Hall–Kier alpha value is -2.33. The fourth-order valence-corrected chi connectivity index (χ4v) is 4.32. The van der Waals surface area contributed by atoms with Crippen molar-refractivity contribution in [3.63, 3.8) is 0 Å². The minimum absolute atomic E-state index is 0.0965. The van der Waals surface area contributed by atoms with Crippen molar-refractivity contribution in [2.45, 2.75) is 43.9 Å². The molecule has 0 saturated carbocycles. The SMILES string of the molecule is COC1CC2CCC(C1)N2C(=O)COc1ccc(-c2ccccc2)cc1. The van der Waals surface area contributed by atoms with Gasteiger partial charge in [0, 0.05) is 19.2 Å². The summed E-state index contributed by atoms with van der Waals surface area (Å²) in [6.45, 7) is 0.106. The highest BCUT2D eigenvalue weighted by atomic mass is 16.5. The molecule has 0 N–H and O–H groups in total. The topological polar surface area (TPSA) is 38.8 Å². The molecule has 0 aliphatic carbocycles. The van der Waals surface area contributed by atoms with Gasteiger partial charge in [-0.25, -0.2) is 0 Å². The van der Waals surface area contributed by atoms with Crippen LogP contribution in [0.1, 0.15) is 25.7 Å². The zero-order chi connectivity index (χ0) is 17.9. The van der Waals surface area contributed by atoms with E-state index in [1.165, 1.54) is 5.56 Å². The van der Waals surface area contributed by atoms with Gasteiger partial charge in [-0.3, -0.25) is 4.79 Å². The van der Waals surface area contributed by atoms with E-state index in [1.807, 2.05) is 47.4 Å². The number of methoxy groups -OCH3 is 1. The minimum Gasteiger partial charge on any atom is -0.484 e. The average Bonchev–Trinajstić information content (AvgIpc) is 2.97. The van der Waals surface area contributed by atoms with Crippen LogP contribution < -0.4 is 4.74 Å². The van der Waals surface area contributed by atoms with Crippen molar-refractivity contribution in [2.24, 2.45) is 0 Å². The summed E-state index contributed by atoms with van der Waals surface area (Å²) in [5.41, 5.74) is 2.32. The predicted octanol–water partition coefficient (Wildman–Crippen LogP) is 3.90. The lowest BCUT2D eigenvalue weighted by atomic mass is 9.99. The lowest BCUT2D eigenvalue weighted by Gasteiger charge is -2.38. The predicted molar refractivity (Wildman–Crippen MR) is 101 cm³/mol. The van der Waals surface area contributed by atoms with Crippen LogP contribution in [0.5, 0.6) is 5.75 Å². The van der Waals surface area contributed by atoms with Crippen LogP contribution in [-0.4, -0.2) is 42.7 Å². The number of hydrogen-bond donors (Lipinski definition) is 0. The van der Waals surface area contributed by atoms with Crippen LogP contribution in [0.2, 0.25) is 0 Å². The highest BCUT2D eigenvalue weighted by Crippen LogP contribution is 2.36. The summed E-state index contributed by atoms with van der Waals surface area (Å²) in [4.78, 5) is 14.7. The molecule has 2 aliphatic heterocycles. The summed E-state index contributed by atoms with van der Waals surface area (Å²) in [6.07, 6.45) is 4.36. The number of fused-ring (bicyclic) bond motifs is 2. The molecule has 0 aromatic heterocycles. The fourth-order valence-electron chi connectivity index (χ4n) is 4.32. The molecule has 0 radical (unpaired) electrons. The molecule has 1 amide bonds. The molecule has 2 fully saturated rings. The molecule has 0 spiro atoms. The molecule has 2 unspecified atom stereocenters. The lowest BCUT2D eigenvalue weighted by Crippen LogP contribution is -2.50. The first kappa shape index (κ1) is 17.1. The second kappa shape index (κ2) is 7.50. The maximum Gasteiger partial charge on any atom is 0.261 e. The molecule has 4 nitrogen and oxygen atoms in total. The van der Waals surface area contributed by atoms with Crippen molar-refractivity contribution < 1.29 is 14.3 Å². The van der Waals surface area contributed by atoms with Gasteiger partial charge in [0.05, 0.1) is 6.10 Å². The Labute approximate surface area is 154 Å². The number of nitrogens with zero attached hydrogens (tertiary/aromatic N) is 1.